The Morgan fingerprint density at radius 2 is 2.16 bits per heavy atom. The fourth-order valence-electron chi connectivity index (χ4n) is 2.19. The van der Waals surface area contributed by atoms with Crippen LogP contribution >= 0.6 is 11.6 Å². The number of nitrogens with one attached hydrogen (secondary N) is 1. The molecule has 0 aliphatic carbocycles. The monoisotopic (exact) mass is 282 g/mol. The highest BCUT2D eigenvalue weighted by Gasteiger charge is 2.15. The van der Waals surface area contributed by atoms with E-state index in [1.807, 2.05) is 23.1 Å². The van der Waals surface area contributed by atoms with Crippen LogP contribution in [0, 0.1) is 0 Å². The first kappa shape index (κ1) is 14.2. The first-order chi connectivity index (χ1) is 9.20. The van der Waals surface area contributed by atoms with Crippen molar-refractivity contribution in [3.05, 3.63) is 28.8 Å². The first-order valence-corrected chi connectivity index (χ1v) is 6.89. The van der Waals surface area contributed by atoms with Gasteiger partial charge in [0.1, 0.15) is 5.75 Å². The van der Waals surface area contributed by atoms with E-state index in [-0.39, 0.29) is 5.91 Å². The second kappa shape index (κ2) is 6.78. The van der Waals surface area contributed by atoms with Gasteiger partial charge < -0.3 is 15.0 Å². The number of carbonyl (C=O) groups is 1. The summed E-state index contributed by atoms with van der Waals surface area (Å²) < 4.78 is 5.11. The van der Waals surface area contributed by atoms with Crippen LogP contribution in [0.15, 0.2) is 18.2 Å². The summed E-state index contributed by atoms with van der Waals surface area (Å²) in [5.74, 6) is 0.882. The third-order valence-corrected chi connectivity index (χ3v) is 3.61. The number of ether oxygens (including phenoxy) is 1. The quantitative estimate of drug-likeness (QED) is 0.914. The second-order valence-corrected chi connectivity index (χ2v) is 5.01. The van der Waals surface area contributed by atoms with E-state index in [0.29, 0.717) is 23.6 Å². The minimum absolute atomic E-state index is 0.216. The summed E-state index contributed by atoms with van der Waals surface area (Å²) in [5.41, 5.74) is 1.06. The van der Waals surface area contributed by atoms with E-state index in [1.54, 1.807) is 7.11 Å². The van der Waals surface area contributed by atoms with Gasteiger partial charge in [0.25, 0.3) is 0 Å². The van der Waals surface area contributed by atoms with Gasteiger partial charge in [0.15, 0.2) is 0 Å². The molecule has 2 rings (SSSR count). The Kier molecular flexibility index (Phi) is 5.05. The van der Waals surface area contributed by atoms with E-state index < -0.39 is 0 Å². The van der Waals surface area contributed by atoms with Gasteiger partial charge in [-0.1, -0.05) is 17.7 Å². The van der Waals surface area contributed by atoms with E-state index in [2.05, 4.69) is 5.32 Å². The first-order valence-electron chi connectivity index (χ1n) is 6.51. The van der Waals surface area contributed by atoms with Crippen molar-refractivity contribution in [3.8, 4) is 5.75 Å². The molecule has 104 valence electrons. The second-order valence-electron chi connectivity index (χ2n) is 4.60. The minimum Gasteiger partial charge on any atom is -0.495 e. The molecule has 1 saturated heterocycles. The molecule has 0 saturated carbocycles. The molecule has 1 aliphatic heterocycles. The molecule has 1 aromatic rings. The van der Waals surface area contributed by atoms with Gasteiger partial charge in [-0.3, -0.25) is 4.79 Å². The standard InChI is InChI=1S/C14H19ClN2O2/c1-19-13-4-2-11(10-12(13)15)3-5-14(18)17-8-6-16-7-9-17/h2,4,10,16H,3,5-9H2,1H3. The Bertz CT molecular complexity index is 445. The Morgan fingerprint density at radius 1 is 1.42 bits per heavy atom. The number of nitrogens with zero attached hydrogens (tertiary/aromatic N) is 1. The lowest BCUT2D eigenvalue weighted by molar-refractivity contribution is -0.131. The van der Waals surface area contributed by atoms with Gasteiger partial charge in [0.2, 0.25) is 5.91 Å². The van der Waals surface area contributed by atoms with Gasteiger partial charge >= 0.3 is 0 Å². The van der Waals surface area contributed by atoms with E-state index in [4.69, 9.17) is 16.3 Å². The fourth-order valence-corrected chi connectivity index (χ4v) is 2.47. The molecule has 1 heterocycles. The molecule has 0 spiro atoms. The number of benzene rings is 1. The average molecular weight is 283 g/mol. The van der Waals surface area contributed by atoms with Crippen LogP contribution < -0.4 is 10.1 Å². The molecular weight excluding hydrogens is 264 g/mol. The molecule has 0 bridgehead atoms. The summed E-state index contributed by atoms with van der Waals surface area (Å²) in [6.45, 7) is 3.39. The van der Waals surface area contributed by atoms with Crippen molar-refractivity contribution in [2.45, 2.75) is 12.8 Å². The number of hydrogen-bond donors (Lipinski definition) is 1. The molecule has 0 radical (unpaired) electrons. The normalized spacial score (nSPS) is 15.4. The highest BCUT2D eigenvalue weighted by Crippen LogP contribution is 2.25. The Balaban J connectivity index is 1.87. The van der Waals surface area contributed by atoms with Crippen molar-refractivity contribution in [2.24, 2.45) is 0 Å². The van der Waals surface area contributed by atoms with Crippen molar-refractivity contribution in [2.75, 3.05) is 33.3 Å². The van der Waals surface area contributed by atoms with Gasteiger partial charge in [0, 0.05) is 32.6 Å². The molecule has 5 heteroatoms. The zero-order chi connectivity index (χ0) is 13.7. The lowest BCUT2D eigenvalue weighted by Crippen LogP contribution is -2.46. The van der Waals surface area contributed by atoms with Crippen molar-refractivity contribution >= 4 is 17.5 Å². The number of carbonyl (C=O) groups excluding carboxylic acids is 1. The Morgan fingerprint density at radius 3 is 2.79 bits per heavy atom. The van der Waals surface area contributed by atoms with Gasteiger partial charge in [0.05, 0.1) is 12.1 Å². The molecule has 0 aromatic heterocycles. The number of halogens is 1. The predicted octanol–water partition coefficient (Wildman–Crippen LogP) is 1.71. The number of piperazine rings is 1. The molecule has 1 aromatic carbocycles. The van der Waals surface area contributed by atoms with Crippen molar-refractivity contribution in [1.82, 2.24) is 10.2 Å². The summed E-state index contributed by atoms with van der Waals surface area (Å²) >= 11 is 6.06. The molecule has 19 heavy (non-hydrogen) atoms. The highest BCUT2D eigenvalue weighted by molar-refractivity contribution is 6.32. The van der Waals surface area contributed by atoms with Gasteiger partial charge in [-0.05, 0) is 24.1 Å². The molecule has 1 fully saturated rings. The van der Waals surface area contributed by atoms with Crippen LogP contribution in [-0.4, -0.2) is 44.1 Å². The Hall–Kier alpha value is -1.26. The van der Waals surface area contributed by atoms with Gasteiger partial charge in [-0.25, -0.2) is 0 Å². The smallest absolute Gasteiger partial charge is 0.222 e. The fraction of sp³-hybridized carbons (Fsp3) is 0.500. The van der Waals surface area contributed by atoms with Crippen LogP contribution in [0.2, 0.25) is 5.02 Å². The summed E-state index contributed by atoms with van der Waals surface area (Å²) in [7, 11) is 1.59. The molecular formula is C14H19ClN2O2. The zero-order valence-corrected chi connectivity index (χ0v) is 11.9. The Labute approximate surface area is 118 Å². The van der Waals surface area contributed by atoms with Crippen LogP contribution in [-0.2, 0) is 11.2 Å². The summed E-state index contributed by atoms with van der Waals surface area (Å²) in [5, 5.41) is 3.83. The average Bonchev–Trinajstić information content (AvgIpc) is 2.46. The van der Waals surface area contributed by atoms with Crippen LogP contribution in [0.4, 0.5) is 0 Å². The third-order valence-electron chi connectivity index (χ3n) is 3.31. The zero-order valence-electron chi connectivity index (χ0n) is 11.1. The van der Waals surface area contributed by atoms with E-state index in [9.17, 15) is 4.79 Å². The largest absolute Gasteiger partial charge is 0.495 e. The minimum atomic E-state index is 0.216. The predicted molar refractivity (Wildman–Crippen MR) is 75.8 cm³/mol. The van der Waals surface area contributed by atoms with E-state index >= 15 is 0 Å². The maximum atomic E-state index is 12.0. The topological polar surface area (TPSA) is 41.6 Å². The summed E-state index contributed by atoms with van der Waals surface area (Å²) in [6, 6.07) is 5.66. The molecule has 1 amide bonds. The lowest BCUT2D eigenvalue weighted by atomic mass is 10.1. The lowest BCUT2D eigenvalue weighted by Gasteiger charge is -2.27. The van der Waals surface area contributed by atoms with Crippen LogP contribution in [0.1, 0.15) is 12.0 Å². The summed E-state index contributed by atoms with van der Waals surface area (Å²) in [4.78, 5) is 13.9. The van der Waals surface area contributed by atoms with E-state index in [0.717, 1.165) is 31.7 Å². The molecule has 0 unspecified atom stereocenters. The van der Waals surface area contributed by atoms with E-state index in [1.165, 1.54) is 0 Å². The van der Waals surface area contributed by atoms with Gasteiger partial charge in [-0.2, -0.15) is 0 Å². The highest BCUT2D eigenvalue weighted by atomic mass is 35.5. The number of aryl methyl sites for hydroxylation is 1. The SMILES string of the molecule is COc1ccc(CCC(=O)N2CCNCC2)cc1Cl. The third kappa shape index (κ3) is 3.85. The van der Waals surface area contributed by atoms with Crippen molar-refractivity contribution < 1.29 is 9.53 Å². The molecule has 0 atom stereocenters. The molecule has 1 aliphatic rings. The number of rotatable bonds is 4. The number of amides is 1. The van der Waals surface area contributed by atoms with Crippen molar-refractivity contribution in [3.63, 3.8) is 0 Å². The number of hydrogen-bond acceptors (Lipinski definition) is 3. The maximum Gasteiger partial charge on any atom is 0.222 e. The molecule has 1 N–H and O–H groups in total. The van der Waals surface area contributed by atoms with Crippen LogP contribution in [0.5, 0.6) is 5.75 Å². The van der Waals surface area contributed by atoms with Crippen LogP contribution in [0.25, 0.3) is 0 Å². The van der Waals surface area contributed by atoms with Crippen molar-refractivity contribution in [1.29, 1.82) is 0 Å². The van der Waals surface area contributed by atoms with Crippen LogP contribution in [0.3, 0.4) is 0 Å². The maximum absolute atomic E-state index is 12.0. The molecule has 4 nitrogen and oxygen atoms in total. The number of methoxy groups -OCH3 is 1. The summed E-state index contributed by atoms with van der Waals surface area (Å²) in [6.07, 6.45) is 1.25. The van der Waals surface area contributed by atoms with Gasteiger partial charge in [-0.15, -0.1) is 0 Å².